The molecule has 0 unspecified atom stereocenters. The van der Waals surface area contributed by atoms with Gasteiger partial charge in [-0.15, -0.1) is 11.8 Å². The van der Waals surface area contributed by atoms with Crippen molar-refractivity contribution in [2.24, 2.45) is 0 Å². The largest absolute Gasteiger partial charge is 0.379 e. The maximum absolute atomic E-state index is 13.1. The van der Waals surface area contributed by atoms with E-state index in [0.29, 0.717) is 48.9 Å². The van der Waals surface area contributed by atoms with Gasteiger partial charge < -0.3 is 10.1 Å². The highest BCUT2D eigenvalue weighted by Crippen LogP contribution is 2.28. The molecule has 0 bridgehead atoms. The first-order valence-electron chi connectivity index (χ1n) is 10.7. The highest BCUT2D eigenvalue weighted by Gasteiger charge is 2.26. The van der Waals surface area contributed by atoms with E-state index in [-0.39, 0.29) is 10.8 Å². The smallest absolute Gasteiger partial charge is 0.256 e. The number of nitrogens with one attached hydrogen (secondary N) is 1. The zero-order valence-corrected chi connectivity index (χ0v) is 19.9. The predicted molar refractivity (Wildman–Crippen MR) is 131 cm³/mol. The summed E-state index contributed by atoms with van der Waals surface area (Å²) in [5, 5.41) is 11.8. The van der Waals surface area contributed by atoms with Crippen LogP contribution in [0.1, 0.15) is 21.5 Å². The summed E-state index contributed by atoms with van der Waals surface area (Å²) in [6.07, 6.45) is 0. The first kappa shape index (κ1) is 24.0. The van der Waals surface area contributed by atoms with Gasteiger partial charge in [-0.1, -0.05) is 30.3 Å². The zero-order chi connectivity index (χ0) is 24.0. The van der Waals surface area contributed by atoms with Crippen LogP contribution in [0.4, 0.5) is 5.69 Å². The summed E-state index contributed by atoms with van der Waals surface area (Å²) in [4.78, 5) is 14.0. The second-order valence-corrected chi connectivity index (χ2v) is 10.5. The molecule has 0 spiro atoms. The van der Waals surface area contributed by atoms with Crippen molar-refractivity contribution in [3.8, 4) is 6.07 Å². The first-order chi connectivity index (χ1) is 16.5. The van der Waals surface area contributed by atoms with Crippen LogP contribution in [0.3, 0.4) is 0 Å². The van der Waals surface area contributed by atoms with Crippen LogP contribution in [0.5, 0.6) is 0 Å². The molecule has 1 aliphatic heterocycles. The molecule has 34 heavy (non-hydrogen) atoms. The molecule has 4 rings (SSSR count). The van der Waals surface area contributed by atoms with Crippen LogP contribution in [0, 0.1) is 11.3 Å². The van der Waals surface area contributed by atoms with Gasteiger partial charge in [-0.2, -0.15) is 9.57 Å². The Morgan fingerprint density at radius 2 is 1.76 bits per heavy atom. The number of sulfonamides is 1. The van der Waals surface area contributed by atoms with Crippen molar-refractivity contribution >= 4 is 33.4 Å². The second kappa shape index (κ2) is 10.8. The van der Waals surface area contributed by atoms with E-state index >= 15 is 0 Å². The molecule has 1 aliphatic rings. The number of carbonyl (C=O) groups excluding carboxylic acids is 1. The van der Waals surface area contributed by atoms with Crippen LogP contribution in [-0.2, 0) is 20.5 Å². The Hall–Kier alpha value is -3.16. The molecule has 0 saturated carbocycles. The molecule has 7 nitrogen and oxygen atoms in total. The number of morpholine rings is 1. The van der Waals surface area contributed by atoms with Gasteiger partial charge >= 0.3 is 0 Å². The minimum atomic E-state index is -3.66. The fraction of sp³-hybridized carbons (Fsp3) is 0.200. The quantitative estimate of drug-likeness (QED) is 0.497. The molecule has 3 aromatic rings. The van der Waals surface area contributed by atoms with Crippen molar-refractivity contribution in [3.63, 3.8) is 0 Å². The summed E-state index contributed by atoms with van der Waals surface area (Å²) in [6, 6.07) is 23.0. The number of amides is 1. The molecule has 9 heteroatoms. The summed E-state index contributed by atoms with van der Waals surface area (Å²) in [5.41, 5.74) is 2.56. The number of anilines is 1. The molecule has 0 atom stereocenters. The van der Waals surface area contributed by atoms with Gasteiger partial charge in [0.1, 0.15) is 0 Å². The van der Waals surface area contributed by atoms with Crippen molar-refractivity contribution in [1.29, 1.82) is 5.26 Å². The fourth-order valence-corrected chi connectivity index (χ4v) is 5.95. The minimum Gasteiger partial charge on any atom is -0.379 e. The minimum absolute atomic E-state index is 0.135. The summed E-state index contributed by atoms with van der Waals surface area (Å²) < 4.78 is 32.5. The van der Waals surface area contributed by atoms with Gasteiger partial charge in [0, 0.05) is 29.4 Å². The average molecular weight is 494 g/mol. The van der Waals surface area contributed by atoms with Gasteiger partial charge in [0.15, 0.2) is 0 Å². The Bertz CT molecular complexity index is 1310. The highest BCUT2D eigenvalue weighted by molar-refractivity contribution is 7.98. The Balaban J connectivity index is 1.48. The van der Waals surface area contributed by atoms with Crippen molar-refractivity contribution in [3.05, 3.63) is 89.5 Å². The molecule has 1 amide bonds. The summed E-state index contributed by atoms with van der Waals surface area (Å²) >= 11 is 1.52. The monoisotopic (exact) mass is 493 g/mol. The Kier molecular flexibility index (Phi) is 7.65. The second-order valence-electron chi connectivity index (χ2n) is 7.59. The number of ether oxygens (including phenoxy) is 1. The van der Waals surface area contributed by atoms with Gasteiger partial charge in [-0.25, -0.2) is 8.42 Å². The van der Waals surface area contributed by atoms with Crippen LogP contribution in [-0.4, -0.2) is 44.9 Å². The van der Waals surface area contributed by atoms with Crippen molar-refractivity contribution in [2.75, 3.05) is 31.6 Å². The number of rotatable bonds is 7. The topological polar surface area (TPSA) is 99.5 Å². The molecule has 0 aliphatic carbocycles. The number of thioether (sulfide) groups is 1. The maximum atomic E-state index is 13.1. The van der Waals surface area contributed by atoms with Crippen molar-refractivity contribution in [2.45, 2.75) is 15.5 Å². The van der Waals surface area contributed by atoms with E-state index in [2.05, 4.69) is 11.4 Å². The normalized spacial score (nSPS) is 14.3. The zero-order valence-electron chi connectivity index (χ0n) is 18.3. The van der Waals surface area contributed by atoms with Crippen LogP contribution in [0.25, 0.3) is 0 Å². The number of carbonyl (C=O) groups is 1. The molecule has 1 N–H and O–H groups in total. The standard InChI is InChI=1S/C25H23N3O4S2/c26-17-19-8-10-20(11-9-19)18-33-24-7-2-1-6-23(24)25(29)27-21-4-3-5-22(16-21)34(30,31)28-12-14-32-15-13-28/h1-11,16H,12-15,18H2,(H,27,29). The third kappa shape index (κ3) is 5.66. The van der Waals surface area contributed by atoms with Crippen LogP contribution < -0.4 is 5.32 Å². The molecule has 0 aromatic heterocycles. The fourth-order valence-electron chi connectivity index (χ4n) is 3.49. The average Bonchev–Trinajstić information content (AvgIpc) is 2.88. The summed E-state index contributed by atoms with van der Waals surface area (Å²) in [6.45, 7) is 1.35. The lowest BCUT2D eigenvalue weighted by molar-refractivity contribution is 0.0730. The van der Waals surface area contributed by atoms with Gasteiger partial charge in [-0.05, 0) is 48.0 Å². The highest BCUT2D eigenvalue weighted by atomic mass is 32.2. The number of benzene rings is 3. The summed E-state index contributed by atoms with van der Waals surface area (Å²) in [7, 11) is -3.66. The lowest BCUT2D eigenvalue weighted by Gasteiger charge is -2.26. The molecule has 3 aromatic carbocycles. The van der Waals surface area contributed by atoms with E-state index in [0.717, 1.165) is 10.5 Å². The molecular formula is C25H23N3O4S2. The van der Waals surface area contributed by atoms with E-state index in [4.69, 9.17) is 10.00 Å². The molecular weight excluding hydrogens is 470 g/mol. The first-order valence-corrected chi connectivity index (χ1v) is 13.1. The van der Waals surface area contributed by atoms with Crippen molar-refractivity contribution < 1.29 is 17.9 Å². The van der Waals surface area contributed by atoms with E-state index in [1.807, 2.05) is 24.3 Å². The van der Waals surface area contributed by atoms with Crippen LogP contribution >= 0.6 is 11.8 Å². The van der Waals surface area contributed by atoms with E-state index < -0.39 is 10.0 Å². The van der Waals surface area contributed by atoms with E-state index in [1.165, 1.54) is 28.2 Å². The Morgan fingerprint density at radius 3 is 2.50 bits per heavy atom. The molecule has 1 heterocycles. The lowest BCUT2D eigenvalue weighted by Crippen LogP contribution is -2.40. The Labute approximate surface area is 203 Å². The van der Waals surface area contributed by atoms with Gasteiger partial charge in [0.25, 0.3) is 5.91 Å². The Morgan fingerprint density at radius 1 is 1.03 bits per heavy atom. The number of nitrogens with zero attached hydrogens (tertiary/aromatic N) is 2. The molecule has 1 saturated heterocycles. The van der Waals surface area contributed by atoms with Crippen LogP contribution in [0.2, 0.25) is 0 Å². The van der Waals surface area contributed by atoms with Gasteiger partial charge in [0.2, 0.25) is 10.0 Å². The number of nitriles is 1. The molecule has 1 fully saturated rings. The third-order valence-corrected chi connectivity index (χ3v) is 8.35. The van der Waals surface area contributed by atoms with Crippen LogP contribution in [0.15, 0.2) is 82.6 Å². The summed E-state index contributed by atoms with van der Waals surface area (Å²) in [5.74, 6) is 0.326. The number of hydrogen-bond donors (Lipinski definition) is 1. The van der Waals surface area contributed by atoms with Gasteiger partial charge in [0.05, 0.1) is 35.3 Å². The maximum Gasteiger partial charge on any atom is 0.256 e. The molecule has 174 valence electrons. The van der Waals surface area contributed by atoms with Gasteiger partial charge in [-0.3, -0.25) is 4.79 Å². The predicted octanol–water partition coefficient (Wildman–Crippen LogP) is 4.12. The SMILES string of the molecule is N#Cc1ccc(CSc2ccccc2C(=O)Nc2cccc(S(=O)(=O)N3CCOCC3)c2)cc1. The third-order valence-electron chi connectivity index (χ3n) is 5.31. The lowest BCUT2D eigenvalue weighted by atomic mass is 10.2. The van der Waals surface area contributed by atoms with E-state index in [9.17, 15) is 13.2 Å². The van der Waals surface area contributed by atoms with Crippen molar-refractivity contribution in [1.82, 2.24) is 4.31 Å². The van der Waals surface area contributed by atoms with E-state index in [1.54, 1.807) is 36.4 Å². The molecule has 0 radical (unpaired) electrons. The number of hydrogen-bond acceptors (Lipinski definition) is 6.